The van der Waals surface area contributed by atoms with Gasteiger partial charge in [-0.2, -0.15) is 0 Å². The maximum absolute atomic E-state index is 8.00. The summed E-state index contributed by atoms with van der Waals surface area (Å²) < 4.78 is 0. The van der Waals surface area contributed by atoms with Crippen molar-refractivity contribution in [3.63, 3.8) is 0 Å². The van der Waals surface area contributed by atoms with Crippen LogP contribution in [0.15, 0.2) is 54.6 Å². The summed E-state index contributed by atoms with van der Waals surface area (Å²) in [5, 5.41) is 0. The molecule has 2 aromatic carbocycles. The second-order valence-electron chi connectivity index (χ2n) is 4.66. The van der Waals surface area contributed by atoms with Crippen LogP contribution in [0.5, 0.6) is 0 Å². The quantitative estimate of drug-likeness (QED) is 0.778. The fourth-order valence-electron chi connectivity index (χ4n) is 1.94. The Hall–Kier alpha value is -1.89. The molecule has 0 amide bonds. The maximum Gasteiger partial charge on any atom is 0.106 e. The molecule has 0 saturated carbocycles. The molecule has 0 unspecified atom stereocenters. The summed E-state index contributed by atoms with van der Waals surface area (Å²) in [5.74, 6) is 0.725. The van der Waals surface area contributed by atoms with Crippen LogP contribution in [0.1, 0.15) is 19.4 Å². The Balaban J connectivity index is 0.000000771. The summed E-state index contributed by atoms with van der Waals surface area (Å²) in [4.78, 5) is 8.00. The summed E-state index contributed by atoms with van der Waals surface area (Å²) in [6, 6.07) is 19.4. The Morgan fingerprint density at radius 2 is 1.33 bits per heavy atom. The van der Waals surface area contributed by atoms with Crippen LogP contribution in [0.25, 0.3) is 11.1 Å². The number of hydrogen-bond acceptors (Lipinski definition) is 1. The van der Waals surface area contributed by atoms with E-state index < -0.39 is 0 Å². The molecular formula is C17H20O. The van der Waals surface area contributed by atoms with E-state index in [1.54, 1.807) is 0 Å². The van der Waals surface area contributed by atoms with Crippen molar-refractivity contribution in [1.82, 2.24) is 0 Å². The van der Waals surface area contributed by atoms with Crippen LogP contribution >= 0.6 is 0 Å². The van der Waals surface area contributed by atoms with Gasteiger partial charge in [-0.3, -0.25) is 0 Å². The van der Waals surface area contributed by atoms with E-state index in [1.807, 2.05) is 6.79 Å². The van der Waals surface area contributed by atoms with Gasteiger partial charge in [-0.05, 0) is 29.0 Å². The van der Waals surface area contributed by atoms with Crippen LogP contribution in [0.2, 0.25) is 0 Å². The molecule has 2 aromatic rings. The van der Waals surface area contributed by atoms with Gasteiger partial charge in [-0.25, -0.2) is 0 Å². The number of carbonyl (C=O) groups is 1. The summed E-state index contributed by atoms with van der Waals surface area (Å²) >= 11 is 0. The predicted molar refractivity (Wildman–Crippen MR) is 77.5 cm³/mol. The largest absolute Gasteiger partial charge is 0.307 e. The molecular weight excluding hydrogens is 220 g/mol. The third-order valence-corrected chi connectivity index (χ3v) is 2.71. The normalized spacial score (nSPS) is 9.72. The molecule has 0 aromatic heterocycles. The molecule has 0 aliphatic heterocycles. The third kappa shape index (κ3) is 4.17. The zero-order chi connectivity index (χ0) is 13.4. The lowest BCUT2D eigenvalue weighted by Crippen LogP contribution is -1.93. The summed E-state index contributed by atoms with van der Waals surface area (Å²) in [5.41, 5.74) is 4.02. The van der Waals surface area contributed by atoms with E-state index in [9.17, 15) is 0 Å². The number of carbonyl (C=O) groups excluding carboxylic acids is 1. The zero-order valence-corrected chi connectivity index (χ0v) is 11.1. The van der Waals surface area contributed by atoms with E-state index in [4.69, 9.17) is 4.79 Å². The van der Waals surface area contributed by atoms with E-state index in [2.05, 4.69) is 68.4 Å². The highest BCUT2D eigenvalue weighted by Gasteiger charge is 1.99. The van der Waals surface area contributed by atoms with Gasteiger partial charge in [0, 0.05) is 0 Å². The van der Waals surface area contributed by atoms with Crippen molar-refractivity contribution in [2.45, 2.75) is 20.3 Å². The number of benzene rings is 2. The Labute approximate surface area is 109 Å². The van der Waals surface area contributed by atoms with Crippen LogP contribution in [-0.2, 0) is 11.2 Å². The molecule has 0 fully saturated rings. The van der Waals surface area contributed by atoms with Gasteiger partial charge >= 0.3 is 0 Å². The van der Waals surface area contributed by atoms with Crippen LogP contribution in [-0.4, -0.2) is 6.79 Å². The minimum atomic E-state index is 0.725. The van der Waals surface area contributed by atoms with Gasteiger partial charge in [0.1, 0.15) is 6.79 Å². The highest BCUT2D eigenvalue weighted by molar-refractivity contribution is 5.63. The van der Waals surface area contributed by atoms with Crippen molar-refractivity contribution in [3.8, 4) is 11.1 Å². The first-order chi connectivity index (χ1) is 8.75. The first-order valence-electron chi connectivity index (χ1n) is 6.19. The minimum absolute atomic E-state index is 0.725. The molecule has 1 nitrogen and oxygen atoms in total. The smallest absolute Gasteiger partial charge is 0.106 e. The Morgan fingerprint density at radius 3 is 1.83 bits per heavy atom. The van der Waals surface area contributed by atoms with E-state index in [1.165, 1.54) is 16.7 Å². The predicted octanol–water partition coefficient (Wildman–Crippen LogP) is 4.37. The number of hydrogen-bond donors (Lipinski definition) is 0. The molecule has 0 radical (unpaired) electrons. The zero-order valence-electron chi connectivity index (χ0n) is 11.1. The Bertz CT molecular complexity index is 443. The molecule has 94 valence electrons. The van der Waals surface area contributed by atoms with Crippen molar-refractivity contribution in [3.05, 3.63) is 60.2 Å². The molecule has 0 aliphatic carbocycles. The minimum Gasteiger partial charge on any atom is -0.307 e. The fourth-order valence-corrected chi connectivity index (χ4v) is 1.94. The molecule has 2 rings (SSSR count). The highest BCUT2D eigenvalue weighted by Crippen LogP contribution is 2.20. The average Bonchev–Trinajstić information content (AvgIpc) is 2.42. The van der Waals surface area contributed by atoms with Gasteiger partial charge in [0.2, 0.25) is 0 Å². The third-order valence-electron chi connectivity index (χ3n) is 2.71. The second kappa shape index (κ2) is 7.44. The topological polar surface area (TPSA) is 17.1 Å². The fraction of sp³-hybridized carbons (Fsp3) is 0.235. The molecule has 0 heterocycles. The monoisotopic (exact) mass is 240 g/mol. The second-order valence-corrected chi connectivity index (χ2v) is 4.66. The van der Waals surface area contributed by atoms with E-state index in [0.717, 1.165) is 12.3 Å². The van der Waals surface area contributed by atoms with Crippen molar-refractivity contribution in [2.75, 3.05) is 0 Å². The molecule has 0 spiro atoms. The highest BCUT2D eigenvalue weighted by atomic mass is 16.1. The van der Waals surface area contributed by atoms with Crippen LogP contribution in [0.4, 0.5) is 0 Å². The average molecular weight is 240 g/mol. The molecule has 18 heavy (non-hydrogen) atoms. The van der Waals surface area contributed by atoms with Gasteiger partial charge in [0.25, 0.3) is 0 Å². The van der Waals surface area contributed by atoms with E-state index >= 15 is 0 Å². The standard InChI is InChI=1S/C16H18.CH2O/c1-13(2)12-14-8-10-16(11-9-14)15-6-4-3-5-7-15;1-2/h3-11,13H,12H2,1-2H3;1H2. The van der Waals surface area contributed by atoms with Crippen LogP contribution < -0.4 is 0 Å². The molecule has 0 bridgehead atoms. The Kier molecular flexibility index (Phi) is 5.86. The molecule has 0 aliphatic rings. The van der Waals surface area contributed by atoms with Gasteiger partial charge < -0.3 is 4.79 Å². The summed E-state index contributed by atoms with van der Waals surface area (Å²) in [6.07, 6.45) is 1.16. The van der Waals surface area contributed by atoms with Gasteiger partial charge in [-0.15, -0.1) is 0 Å². The SMILES string of the molecule is C=O.CC(C)Cc1ccc(-c2ccccc2)cc1. The van der Waals surface area contributed by atoms with Crippen LogP contribution in [0.3, 0.4) is 0 Å². The van der Waals surface area contributed by atoms with Crippen molar-refractivity contribution < 1.29 is 4.79 Å². The lowest BCUT2D eigenvalue weighted by molar-refractivity contribution is -0.0979. The Morgan fingerprint density at radius 1 is 0.833 bits per heavy atom. The molecule has 1 heteroatoms. The summed E-state index contributed by atoms with van der Waals surface area (Å²) in [7, 11) is 0. The van der Waals surface area contributed by atoms with Gasteiger partial charge in [0.15, 0.2) is 0 Å². The lowest BCUT2D eigenvalue weighted by atomic mass is 9.99. The number of rotatable bonds is 3. The van der Waals surface area contributed by atoms with E-state index in [0.29, 0.717) is 0 Å². The van der Waals surface area contributed by atoms with Gasteiger partial charge in [0.05, 0.1) is 0 Å². The van der Waals surface area contributed by atoms with Crippen LogP contribution in [0, 0.1) is 5.92 Å². The molecule has 0 saturated heterocycles. The molecule has 0 atom stereocenters. The summed E-state index contributed by atoms with van der Waals surface area (Å²) in [6.45, 7) is 6.51. The van der Waals surface area contributed by atoms with Crippen molar-refractivity contribution in [2.24, 2.45) is 5.92 Å². The first-order valence-corrected chi connectivity index (χ1v) is 6.19. The maximum atomic E-state index is 8.00. The van der Waals surface area contributed by atoms with E-state index in [-0.39, 0.29) is 0 Å². The van der Waals surface area contributed by atoms with Crippen molar-refractivity contribution in [1.29, 1.82) is 0 Å². The first kappa shape index (κ1) is 14.2. The van der Waals surface area contributed by atoms with Crippen molar-refractivity contribution >= 4 is 6.79 Å². The molecule has 0 N–H and O–H groups in total. The van der Waals surface area contributed by atoms with Gasteiger partial charge in [-0.1, -0.05) is 68.4 Å². The lowest BCUT2D eigenvalue weighted by Gasteiger charge is -2.06.